The lowest BCUT2D eigenvalue weighted by atomic mass is 10.2. The molecular weight excluding hydrogens is 336 g/mol. The van der Waals surface area contributed by atoms with E-state index in [1.54, 1.807) is 25.6 Å². The number of hydrogen-bond acceptors (Lipinski definition) is 4. The van der Waals surface area contributed by atoms with Gasteiger partial charge in [0.15, 0.2) is 0 Å². The summed E-state index contributed by atoms with van der Waals surface area (Å²) >= 11 is 1.37. The van der Waals surface area contributed by atoms with Gasteiger partial charge in [-0.2, -0.15) is 0 Å². The molecular formula is C18H18N4O2S. The number of thiophene rings is 1. The molecule has 2 aromatic heterocycles. The molecule has 0 saturated heterocycles. The number of carbonyl (C=O) groups is 2. The van der Waals surface area contributed by atoms with E-state index in [0.29, 0.717) is 11.4 Å². The molecule has 0 unspecified atom stereocenters. The smallest absolute Gasteiger partial charge is 0.264 e. The number of benzene rings is 1. The average molecular weight is 354 g/mol. The molecule has 0 fully saturated rings. The van der Waals surface area contributed by atoms with Gasteiger partial charge in [-0.15, -0.1) is 11.3 Å². The van der Waals surface area contributed by atoms with E-state index in [2.05, 4.69) is 10.3 Å². The molecule has 0 radical (unpaired) electrons. The highest BCUT2D eigenvalue weighted by molar-refractivity contribution is 7.12. The van der Waals surface area contributed by atoms with Crippen LogP contribution in [0.15, 0.2) is 60.5 Å². The predicted molar refractivity (Wildman–Crippen MR) is 96.7 cm³/mol. The molecule has 6 nitrogen and oxygen atoms in total. The Balaban J connectivity index is 1.49. The summed E-state index contributed by atoms with van der Waals surface area (Å²) in [5.74, 6) is -0.332. The van der Waals surface area contributed by atoms with Gasteiger partial charge in [0.1, 0.15) is 0 Å². The minimum absolute atomic E-state index is 0.0316. The second kappa shape index (κ2) is 7.76. The summed E-state index contributed by atoms with van der Waals surface area (Å²) in [5.41, 5.74) is 2.00. The zero-order valence-electron chi connectivity index (χ0n) is 13.8. The molecule has 3 rings (SSSR count). The minimum Gasteiger partial charge on any atom is -0.350 e. The van der Waals surface area contributed by atoms with E-state index in [0.717, 1.165) is 11.3 Å². The van der Waals surface area contributed by atoms with Crippen LogP contribution in [0.25, 0.3) is 5.69 Å². The van der Waals surface area contributed by atoms with Gasteiger partial charge in [-0.1, -0.05) is 18.2 Å². The van der Waals surface area contributed by atoms with E-state index in [9.17, 15) is 9.59 Å². The molecule has 2 amide bonds. The van der Waals surface area contributed by atoms with Crippen molar-refractivity contribution in [2.75, 3.05) is 13.6 Å². The second-order valence-electron chi connectivity index (χ2n) is 5.55. The minimum atomic E-state index is -0.189. The number of likely N-dealkylation sites (N-methyl/N-ethyl adjacent to an activating group) is 1. The van der Waals surface area contributed by atoms with Crippen LogP contribution < -0.4 is 5.32 Å². The maximum Gasteiger partial charge on any atom is 0.264 e. The van der Waals surface area contributed by atoms with Gasteiger partial charge >= 0.3 is 0 Å². The first kappa shape index (κ1) is 16.9. The van der Waals surface area contributed by atoms with Crippen LogP contribution >= 0.6 is 11.3 Å². The van der Waals surface area contributed by atoms with Crippen molar-refractivity contribution in [2.24, 2.45) is 0 Å². The van der Waals surface area contributed by atoms with Crippen LogP contribution in [0.1, 0.15) is 15.2 Å². The molecule has 0 aliphatic heterocycles. The zero-order chi connectivity index (χ0) is 17.6. The molecule has 0 aliphatic carbocycles. The average Bonchev–Trinajstić information content (AvgIpc) is 3.33. The molecule has 1 N–H and O–H groups in total. The van der Waals surface area contributed by atoms with Crippen molar-refractivity contribution in [3.05, 3.63) is 70.9 Å². The summed E-state index contributed by atoms with van der Waals surface area (Å²) in [5, 5.41) is 4.68. The van der Waals surface area contributed by atoms with Crippen molar-refractivity contribution in [1.29, 1.82) is 0 Å². The lowest BCUT2D eigenvalue weighted by Crippen LogP contribution is -2.37. The highest BCUT2D eigenvalue weighted by Crippen LogP contribution is 2.11. The predicted octanol–water partition coefficient (Wildman–Crippen LogP) is 2.32. The number of nitrogens with zero attached hydrogens (tertiary/aromatic N) is 3. The third-order valence-electron chi connectivity index (χ3n) is 3.69. The van der Waals surface area contributed by atoms with Crippen molar-refractivity contribution in [1.82, 2.24) is 19.8 Å². The molecule has 7 heteroatoms. The number of aromatic nitrogens is 2. The van der Waals surface area contributed by atoms with E-state index in [4.69, 9.17) is 0 Å². The molecule has 0 spiro atoms. The van der Waals surface area contributed by atoms with Gasteiger partial charge in [0.2, 0.25) is 5.91 Å². The lowest BCUT2D eigenvalue weighted by Gasteiger charge is -2.16. The van der Waals surface area contributed by atoms with Crippen LogP contribution in [0.5, 0.6) is 0 Å². The first-order valence-corrected chi connectivity index (χ1v) is 8.64. The van der Waals surface area contributed by atoms with Gasteiger partial charge in [-0.05, 0) is 29.1 Å². The third-order valence-corrected chi connectivity index (χ3v) is 4.55. The highest BCUT2D eigenvalue weighted by Gasteiger charge is 2.15. The summed E-state index contributed by atoms with van der Waals surface area (Å²) in [6, 6.07) is 11.4. The number of imidazole rings is 1. The van der Waals surface area contributed by atoms with Gasteiger partial charge in [0.05, 0.1) is 17.7 Å². The monoisotopic (exact) mass is 354 g/mol. The zero-order valence-corrected chi connectivity index (χ0v) is 14.6. The molecule has 0 saturated carbocycles. The van der Waals surface area contributed by atoms with E-state index in [1.807, 2.05) is 46.5 Å². The summed E-state index contributed by atoms with van der Waals surface area (Å²) in [7, 11) is 1.63. The number of nitrogens with one attached hydrogen (secondary N) is 1. The molecule has 25 heavy (non-hydrogen) atoms. The van der Waals surface area contributed by atoms with Gasteiger partial charge in [0.25, 0.3) is 5.91 Å². The molecule has 3 aromatic rings. The summed E-state index contributed by atoms with van der Waals surface area (Å²) in [6.45, 7) is 0.452. The number of amides is 2. The van der Waals surface area contributed by atoms with Crippen LogP contribution in [-0.2, 0) is 11.3 Å². The number of hydrogen-bond donors (Lipinski definition) is 1. The van der Waals surface area contributed by atoms with Crippen molar-refractivity contribution in [3.8, 4) is 5.69 Å². The maximum absolute atomic E-state index is 12.1. The molecule has 128 valence electrons. The maximum atomic E-state index is 12.1. The number of rotatable bonds is 6. The third kappa shape index (κ3) is 4.33. The molecule has 0 aliphatic rings. The van der Waals surface area contributed by atoms with Crippen LogP contribution in [0.4, 0.5) is 0 Å². The largest absolute Gasteiger partial charge is 0.350 e. The Morgan fingerprint density at radius 1 is 1.24 bits per heavy atom. The van der Waals surface area contributed by atoms with E-state index in [-0.39, 0.29) is 18.4 Å². The van der Waals surface area contributed by atoms with Gasteiger partial charge in [-0.25, -0.2) is 4.98 Å². The van der Waals surface area contributed by atoms with Crippen LogP contribution in [-0.4, -0.2) is 39.9 Å². The summed E-state index contributed by atoms with van der Waals surface area (Å²) < 4.78 is 1.91. The number of carbonyl (C=O) groups excluding carboxylic acids is 2. The first-order chi connectivity index (χ1) is 12.1. The van der Waals surface area contributed by atoms with Crippen molar-refractivity contribution >= 4 is 23.2 Å². The Bertz CT molecular complexity index is 827. The van der Waals surface area contributed by atoms with Crippen LogP contribution in [0.2, 0.25) is 0 Å². The molecule has 0 bridgehead atoms. The van der Waals surface area contributed by atoms with Crippen LogP contribution in [0, 0.1) is 0 Å². The van der Waals surface area contributed by atoms with Crippen molar-refractivity contribution < 1.29 is 9.59 Å². The normalized spacial score (nSPS) is 10.4. The topological polar surface area (TPSA) is 67.2 Å². The fourth-order valence-electron chi connectivity index (χ4n) is 2.33. The standard InChI is InChI=1S/C18H18N4O2S/c1-21(18(24)16-3-2-10-25-16)12-17(23)20-11-14-4-6-15(7-5-14)22-9-8-19-13-22/h2-10,13H,11-12H2,1H3,(H,20,23). The second-order valence-corrected chi connectivity index (χ2v) is 6.50. The molecule has 0 atom stereocenters. The van der Waals surface area contributed by atoms with Crippen molar-refractivity contribution in [3.63, 3.8) is 0 Å². The van der Waals surface area contributed by atoms with E-state index in [1.165, 1.54) is 16.2 Å². The van der Waals surface area contributed by atoms with E-state index < -0.39 is 0 Å². The van der Waals surface area contributed by atoms with Gasteiger partial charge < -0.3 is 14.8 Å². The first-order valence-electron chi connectivity index (χ1n) is 7.76. The van der Waals surface area contributed by atoms with Gasteiger partial charge in [0, 0.05) is 31.7 Å². The Morgan fingerprint density at radius 3 is 2.68 bits per heavy atom. The SMILES string of the molecule is CN(CC(=O)NCc1ccc(-n2ccnc2)cc1)C(=O)c1cccs1. The van der Waals surface area contributed by atoms with Crippen molar-refractivity contribution in [2.45, 2.75) is 6.54 Å². The lowest BCUT2D eigenvalue weighted by molar-refractivity contribution is -0.121. The Labute approximate surface area is 149 Å². The quantitative estimate of drug-likeness (QED) is 0.739. The molecule has 1 aromatic carbocycles. The fraction of sp³-hybridized carbons (Fsp3) is 0.167. The Kier molecular flexibility index (Phi) is 5.25. The van der Waals surface area contributed by atoms with E-state index >= 15 is 0 Å². The highest BCUT2D eigenvalue weighted by atomic mass is 32.1. The fourth-order valence-corrected chi connectivity index (χ4v) is 3.05. The van der Waals surface area contributed by atoms with Crippen LogP contribution in [0.3, 0.4) is 0 Å². The Hall–Kier alpha value is -2.93. The molecule has 2 heterocycles. The summed E-state index contributed by atoms with van der Waals surface area (Å²) in [6.07, 6.45) is 5.33. The van der Waals surface area contributed by atoms with Gasteiger partial charge in [-0.3, -0.25) is 9.59 Å². The summed E-state index contributed by atoms with van der Waals surface area (Å²) in [4.78, 5) is 30.2. The Morgan fingerprint density at radius 2 is 2.04 bits per heavy atom.